The molecular weight excluding hydrogens is 326 g/mol. The summed E-state index contributed by atoms with van der Waals surface area (Å²) in [7, 11) is 0. The smallest absolute Gasteiger partial charge is 0.222 e. The molecule has 2 fully saturated rings. The number of hydrogen-bond acceptors (Lipinski definition) is 3. The van der Waals surface area contributed by atoms with Gasteiger partial charge >= 0.3 is 0 Å². The lowest BCUT2D eigenvalue weighted by Gasteiger charge is -2.19. The highest BCUT2D eigenvalue weighted by atomic mass is 16.2. The van der Waals surface area contributed by atoms with Crippen LogP contribution in [0.25, 0.3) is 0 Å². The van der Waals surface area contributed by atoms with Gasteiger partial charge in [-0.05, 0) is 43.5 Å². The second-order valence-corrected chi connectivity index (χ2v) is 7.52. The van der Waals surface area contributed by atoms with Crippen LogP contribution in [0.5, 0.6) is 0 Å². The number of carbonyl (C=O) groups is 2. The van der Waals surface area contributed by atoms with Crippen LogP contribution < -0.4 is 5.32 Å². The van der Waals surface area contributed by atoms with Crippen molar-refractivity contribution >= 4 is 11.8 Å². The Morgan fingerprint density at radius 1 is 0.923 bits per heavy atom. The number of hydrogen-bond donors (Lipinski definition) is 1. The molecule has 0 aliphatic carbocycles. The quantitative estimate of drug-likeness (QED) is 0.816. The molecule has 26 heavy (non-hydrogen) atoms. The van der Waals surface area contributed by atoms with E-state index in [-0.39, 0.29) is 11.8 Å². The van der Waals surface area contributed by atoms with Gasteiger partial charge in [-0.25, -0.2) is 0 Å². The summed E-state index contributed by atoms with van der Waals surface area (Å²) < 4.78 is 0. The fraction of sp³-hybridized carbons (Fsp3) is 0.619. The van der Waals surface area contributed by atoms with Gasteiger partial charge in [0.25, 0.3) is 0 Å². The Balaban J connectivity index is 1.38. The first kappa shape index (κ1) is 18.9. The molecule has 142 valence electrons. The summed E-state index contributed by atoms with van der Waals surface area (Å²) in [5, 5.41) is 2.96. The first-order chi connectivity index (χ1) is 12.7. The van der Waals surface area contributed by atoms with Crippen LogP contribution in [0.1, 0.15) is 56.1 Å². The number of benzene rings is 1. The fourth-order valence-electron chi connectivity index (χ4n) is 3.78. The number of likely N-dealkylation sites (tertiary alicyclic amines) is 2. The third-order valence-electron chi connectivity index (χ3n) is 5.40. The van der Waals surface area contributed by atoms with Crippen molar-refractivity contribution in [2.75, 3.05) is 26.2 Å². The molecule has 2 saturated heterocycles. The summed E-state index contributed by atoms with van der Waals surface area (Å²) >= 11 is 0. The zero-order chi connectivity index (χ0) is 18.2. The van der Waals surface area contributed by atoms with Crippen molar-refractivity contribution in [2.45, 2.75) is 58.0 Å². The SMILES string of the molecule is O=C(CCN1CCCC1=O)NCc1ccc(CN2CCCCCC2)cc1. The average molecular weight is 357 g/mol. The number of nitrogens with zero attached hydrogens (tertiary/aromatic N) is 2. The van der Waals surface area contributed by atoms with Gasteiger partial charge in [-0.3, -0.25) is 14.5 Å². The van der Waals surface area contributed by atoms with Crippen molar-refractivity contribution in [3.8, 4) is 0 Å². The molecule has 3 rings (SSSR count). The van der Waals surface area contributed by atoms with E-state index >= 15 is 0 Å². The van der Waals surface area contributed by atoms with Crippen LogP contribution in [0.4, 0.5) is 0 Å². The van der Waals surface area contributed by atoms with Crippen molar-refractivity contribution in [3.63, 3.8) is 0 Å². The minimum atomic E-state index is 0.0124. The maximum atomic E-state index is 12.0. The predicted molar refractivity (Wildman–Crippen MR) is 102 cm³/mol. The summed E-state index contributed by atoms with van der Waals surface area (Å²) in [6.07, 6.45) is 7.29. The lowest BCUT2D eigenvalue weighted by Crippen LogP contribution is -2.31. The van der Waals surface area contributed by atoms with Crippen molar-refractivity contribution in [3.05, 3.63) is 35.4 Å². The molecule has 2 aliphatic heterocycles. The van der Waals surface area contributed by atoms with Crippen LogP contribution >= 0.6 is 0 Å². The lowest BCUT2D eigenvalue weighted by atomic mass is 10.1. The summed E-state index contributed by atoms with van der Waals surface area (Å²) in [6.45, 7) is 5.33. The number of nitrogens with one attached hydrogen (secondary N) is 1. The van der Waals surface area contributed by atoms with Gasteiger partial charge in [-0.15, -0.1) is 0 Å². The number of rotatable bonds is 7. The van der Waals surface area contributed by atoms with Crippen LogP contribution in [0, 0.1) is 0 Å². The Hall–Kier alpha value is -1.88. The van der Waals surface area contributed by atoms with E-state index in [2.05, 4.69) is 34.5 Å². The molecule has 5 heteroatoms. The second-order valence-electron chi connectivity index (χ2n) is 7.52. The first-order valence-corrected chi connectivity index (χ1v) is 10.1. The molecule has 2 heterocycles. The molecule has 0 aromatic heterocycles. The lowest BCUT2D eigenvalue weighted by molar-refractivity contribution is -0.128. The van der Waals surface area contributed by atoms with Crippen molar-refractivity contribution in [2.24, 2.45) is 0 Å². The zero-order valence-corrected chi connectivity index (χ0v) is 15.7. The van der Waals surface area contributed by atoms with Crippen LogP contribution in [0.3, 0.4) is 0 Å². The van der Waals surface area contributed by atoms with E-state index in [1.165, 1.54) is 44.3 Å². The van der Waals surface area contributed by atoms with Gasteiger partial charge in [-0.1, -0.05) is 37.1 Å². The van der Waals surface area contributed by atoms with Gasteiger partial charge in [-0.2, -0.15) is 0 Å². The van der Waals surface area contributed by atoms with Gasteiger partial charge in [0, 0.05) is 39.0 Å². The van der Waals surface area contributed by atoms with E-state index in [9.17, 15) is 9.59 Å². The Bertz CT molecular complexity index is 592. The molecule has 1 N–H and O–H groups in total. The van der Waals surface area contributed by atoms with E-state index in [0.717, 1.165) is 25.1 Å². The molecule has 0 atom stereocenters. The summed E-state index contributed by atoms with van der Waals surface area (Å²) in [6, 6.07) is 8.57. The van der Waals surface area contributed by atoms with Gasteiger partial charge in [0.05, 0.1) is 0 Å². The van der Waals surface area contributed by atoms with E-state index in [1.54, 1.807) is 4.90 Å². The van der Waals surface area contributed by atoms with Crippen LogP contribution in [0.2, 0.25) is 0 Å². The summed E-state index contributed by atoms with van der Waals surface area (Å²) in [5.41, 5.74) is 2.46. The fourth-order valence-corrected chi connectivity index (χ4v) is 3.78. The second kappa shape index (κ2) is 9.72. The standard InChI is InChI=1S/C21H31N3O2/c25-20(11-15-24-14-5-6-21(24)26)22-16-18-7-9-19(10-8-18)17-23-12-3-1-2-4-13-23/h7-10H,1-6,11-17H2,(H,22,25). The average Bonchev–Trinajstić information content (AvgIpc) is 2.89. The molecule has 5 nitrogen and oxygen atoms in total. The maximum absolute atomic E-state index is 12.0. The third-order valence-corrected chi connectivity index (χ3v) is 5.40. The Morgan fingerprint density at radius 2 is 1.62 bits per heavy atom. The maximum Gasteiger partial charge on any atom is 0.222 e. The van der Waals surface area contributed by atoms with E-state index in [1.807, 2.05) is 0 Å². The minimum Gasteiger partial charge on any atom is -0.352 e. The highest BCUT2D eigenvalue weighted by Gasteiger charge is 2.20. The molecule has 1 aromatic rings. The summed E-state index contributed by atoms with van der Waals surface area (Å²) in [5.74, 6) is 0.191. The minimum absolute atomic E-state index is 0.0124. The molecule has 0 radical (unpaired) electrons. The molecular formula is C21H31N3O2. The van der Waals surface area contributed by atoms with Gasteiger partial charge in [0.1, 0.15) is 0 Å². The van der Waals surface area contributed by atoms with Gasteiger partial charge in [0.15, 0.2) is 0 Å². The Kier molecular flexibility index (Phi) is 7.06. The van der Waals surface area contributed by atoms with E-state index in [4.69, 9.17) is 0 Å². The van der Waals surface area contributed by atoms with Gasteiger partial charge in [0.2, 0.25) is 11.8 Å². The van der Waals surface area contributed by atoms with Crippen molar-refractivity contribution in [1.29, 1.82) is 0 Å². The van der Waals surface area contributed by atoms with E-state index < -0.39 is 0 Å². The van der Waals surface area contributed by atoms with Crippen molar-refractivity contribution in [1.82, 2.24) is 15.1 Å². The van der Waals surface area contributed by atoms with E-state index in [0.29, 0.717) is 25.9 Å². The zero-order valence-electron chi connectivity index (χ0n) is 15.7. The normalized spacial score (nSPS) is 18.8. The number of amides is 2. The number of carbonyl (C=O) groups excluding carboxylic acids is 2. The highest BCUT2D eigenvalue weighted by Crippen LogP contribution is 2.14. The topological polar surface area (TPSA) is 52.7 Å². The highest BCUT2D eigenvalue weighted by molar-refractivity contribution is 5.80. The van der Waals surface area contributed by atoms with Crippen LogP contribution in [-0.4, -0.2) is 47.8 Å². The van der Waals surface area contributed by atoms with Crippen molar-refractivity contribution < 1.29 is 9.59 Å². The van der Waals surface area contributed by atoms with Crippen LogP contribution in [-0.2, 0) is 22.7 Å². The Morgan fingerprint density at radius 3 is 2.27 bits per heavy atom. The molecule has 0 saturated carbocycles. The predicted octanol–water partition coefficient (Wildman–Crippen LogP) is 2.69. The largest absolute Gasteiger partial charge is 0.352 e. The summed E-state index contributed by atoms with van der Waals surface area (Å²) in [4.78, 5) is 27.9. The molecule has 2 aliphatic rings. The molecule has 0 spiro atoms. The third kappa shape index (κ3) is 5.84. The Labute approximate surface area is 156 Å². The molecule has 1 aromatic carbocycles. The van der Waals surface area contributed by atoms with Crippen LogP contribution in [0.15, 0.2) is 24.3 Å². The first-order valence-electron chi connectivity index (χ1n) is 10.1. The molecule has 2 amide bonds. The molecule has 0 bridgehead atoms. The monoisotopic (exact) mass is 357 g/mol. The van der Waals surface area contributed by atoms with Gasteiger partial charge < -0.3 is 10.2 Å². The molecule has 0 unspecified atom stereocenters.